The van der Waals surface area contributed by atoms with Crippen molar-refractivity contribution in [2.45, 2.75) is 0 Å². The van der Waals surface area contributed by atoms with Gasteiger partial charge < -0.3 is 5.11 Å². The van der Waals surface area contributed by atoms with Crippen LogP contribution in [0.25, 0.3) is 28.9 Å². The van der Waals surface area contributed by atoms with Crippen molar-refractivity contribution >= 4 is 23.2 Å². The molecule has 0 spiro atoms. The van der Waals surface area contributed by atoms with E-state index in [2.05, 4.69) is 33.8 Å². The number of hydrogen-bond donors (Lipinski definition) is 1. The summed E-state index contributed by atoms with van der Waals surface area (Å²) in [5.74, 6) is 0.275. The van der Waals surface area contributed by atoms with E-state index in [1.807, 2.05) is 54.9 Å². The van der Waals surface area contributed by atoms with E-state index in [0.29, 0.717) is 0 Å². The summed E-state index contributed by atoms with van der Waals surface area (Å²) in [6.07, 6.45) is 5.98. The highest BCUT2D eigenvalue weighted by atomic mass is 16.3. The molecule has 1 aromatic heterocycles. The number of aromatic nitrogens is 2. The summed E-state index contributed by atoms with van der Waals surface area (Å²) in [5, 5.41) is 9.38. The van der Waals surface area contributed by atoms with E-state index >= 15 is 0 Å². The van der Waals surface area contributed by atoms with Crippen LogP contribution < -0.4 is 0 Å². The summed E-state index contributed by atoms with van der Waals surface area (Å²) < 4.78 is 2.10. The minimum Gasteiger partial charge on any atom is -0.508 e. The number of nitrogens with zero attached hydrogens (tertiary/aromatic N) is 2. The predicted octanol–water partition coefficient (Wildman–Crippen LogP) is 4.90. The lowest BCUT2D eigenvalue weighted by Crippen LogP contribution is -1.94. The fourth-order valence-electron chi connectivity index (χ4n) is 2.77. The summed E-state index contributed by atoms with van der Waals surface area (Å²) in [6, 6.07) is 23.5. The number of imidazole rings is 1. The van der Waals surface area contributed by atoms with Crippen molar-refractivity contribution in [2.24, 2.45) is 0 Å². The third-order valence-electron chi connectivity index (χ3n) is 4.00. The summed E-state index contributed by atoms with van der Waals surface area (Å²) >= 11 is 0. The molecular weight excluding hydrogens is 296 g/mol. The molecule has 0 saturated carbocycles. The van der Waals surface area contributed by atoms with Crippen LogP contribution in [0.1, 0.15) is 11.1 Å². The standard InChI is InChI=1S/C21H16N2O/c24-18-13-10-16(11-14-18)9-12-17-5-1-3-7-20(17)23-15-22-19-6-2-4-8-21(19)23/h1-15,24H/b12-9+. The molecule has 4 aromatic rings. The topological polar surface area (TPSA) is 38.0 Å². The number of rotatable bonds is 3. The van der Waals surface area contributed by atoms with Crippen LogP contribution in [0.5, 0.6) is 5.75 Å². The minimum atomic E-state index is 0.275. The van der Waals surface area contributed by atoms with Gasteiger partial charge in [0.2, 0.25) is 0 Å². The van der Waals surface area contributed by atoms with E-state index in [1.54, 1.807) is 12.1 Å². The second kappa shape index (κ2) is 6.05. The van der Waals surface area contributed by atoms with Gasteiger partial charge in [-0.25, -0.2) is 4.98 Å². The van der Waals surface area contributed by atoms with Crippen LogP contribution in [0.2, 0.25) is 0 Å². The van der Waals surface area contributed by atoms with Crippen molar-refractivity contribution in [1.82, 2.24) is 9.55 Å². The highest BCUT2D eigenvalue weighted by Gasteiger charge is 2.06. The summed E-state index contributed by atoms with van der Waals surface area (Å²) in [5.41, 5.74) is 5.30. The van der Waals surface area contributed by atoms with Gasteiger partial charge in [0.1, 0.15) is 12.1 Å². The molecule has 3 aromatic carbocycles. The Morgan fingerprint density at radius 2 is 1.54 bits per heavy atom. The summed E-state index contributed by atoms with van der Waals surface area (Å²) in [6.45, 7) is 0. The predicted molar refractivity (Wildman–Crippen MR) is 98.1 cm³/mol. The Labute approximate surface area is 140 Å². The van der Waals surface area contributed by atoms with E-state index in [-0.39, 0.29) is 5.75 Å². The lowest BCUT2D eigenvalue weighted by atomic mass is 10.1. The second-order valence-corrected chi connectivity index (χ2v) is 5.59. The Morgan fingerprint density at radius 3 is 2.42 bits per heavy atom. The van der Waals surface area contributed by atoms with Crippen LogP contribution in [0, 0.1) is 0 Å². The van der Waals surface area contributed by atoms with Crippen molar-refractivity contribution in [1.29, 1.82) is 0 Å². The van der Waals surface area contributed by atoms with Gasteiger partial charge in [-0.3, -0.25) is 4.57 Å². The van der Waals surface area contributed by atoms with E-state index < -0.39 is 0 Å². The molecule has 0 aliphatic heterocycles. The average molecular weight is 312 g/mol. The Kier molecular flexibility index (Phi) is 3.60. The van der Waals surface area contributed by atoms with Crippen LogP contribution in [0.3, 0.4) is 0 Å². The van der Waals surface area contributed by atoms with Crippen molar-refractivity contribution in [2.75, 3.05) is 0 Å². The number of benzene rings is 3. The van der Waals surface area contributed by atoms with Crippen LogP contribution >= 0.6 is 0 Å². The Balaban J connectivity index is 1.77. The lowest BCUT2D eigenvalue weighted by molar-refractivity contribution is 0.475. The van der Waals surface area contributed by atoms with Crippen molar-refractivity contribution in [3.8, 4) is 11.4 Å². The molecule has 0 atom stereocenters. The molecule has 0 unspecified atom stereocenters. The van der Waals surface area contributed by atoms with Gasteiger partial charge >= 0.3 is 0 Å². The molecule has 0 amide bonds. The molecule has 0 radical (unpaired) electrons. The van der Waals surface area contributed by atoms with E-state index in [9.17, 15) is 5.11 Å². The fraction of sp³-hybridized carbons (Fsp3) is 0. The zero-order valence-electron chi connectivity index (χ0n) is 13.0. The van der Waals surface area contributed by atoms with Gasteiger partial charge in [-0.15, -0.1) is 0 Å². The lowest BCUT2D eigenvalue weighted by Gasteiger charge is -2.08. The molecule has 0 saturated heterocycles. The molecule has 3 heteroatoms. The number of hydrogen-bond acceptors (Lipinski definition) is 2. The van der Waals surface area contributed by atoms with Crippen molar-refractivity contribution in [3.05, 3.63) is 90.3 Å². The third-order valence-corrected chi connectivity index (χ3v) is 4.00. The number of phenols is 1. The van der Waals surface area contributed by atoms with E-state index in [1.165, 1.54) is 0 Å². The molecule has 4 rings (SSSR count). The van der Waals surface area contributed by atoms with Gasteiger partial charge in [-0.1, -0.05) is 54.6 Å². The quantitative estimate of drug-likeness (QED) is 0.546. The Bertz CT molecular complexity index is 1010. The van der Waals surface area contributed by atoms with Gasteiger partial charge in [0, 0.05) is 0 Å². The smallest absolute Gasteiger partial charge is 0.115 e. The molecular formula is C21H16N2O. The Morgan fingerprint density at radius 1 is 0.792 bits per heavy atom. The first-order valence-electron chi connectivity index (χ1n) is 7.80. The second-order valence-electron chi connectivity index (χ2n) is 5.59. The zero-order chi connectivity index (χ0) is 16.4. The maximum absolute atomic E-state index is 9.38. The van der Waals surface area contributed by atoms with Crippen LogP contribution in [-0.4, -0.2) is 14.7 Å². The monoisotopic (exact) mass is 312 g/mol. The SMILES string of the molecule is Oc1ccc(/C=C/c2ccccc2-n2cnc3ccccc32)cc1. The number of fused-ring (bicyclic) bond motifs is 1. The first-order chi connectivity index (χ1) is 11.8. The molecule has 0 fully saturated rings. The van der Waals surface area contributed by atoms with Gasteiger partial charge in [-0.05, 0) is 41.5 Å². The number of para-hydroxylation sites is 3. The highest BCUT2D eigenvalue weighted by molar-refractivity contribution is 5.80. The molecule has 116 valence electrons. The van der Waals surface area contributed by atoms with Gasteiger partial charge in [-0.2, -0.15) is 0 Å². The molecule has 0 bridgehead atoms. The van der Waals surface area contributed by atoms with Gasteiger partial charge in [0.25, 0.3) is 0 Å². The molecule has 3 nitrogen and oxygen atoms in total. The van der Waals surface area contributed by atoms with E-state index in [4.69, 9.17) is 0 Å². The molecule has 0 aliphatic carbocycles. The summed E-state index contributed by atoms with van der Waals surface area (Å²) in [7, 11) is 0. The van der Waals surface area contributed by atoms with Crippen LogP contribution in [0.4, 0.5) is 0 Å². The maximum Gasteiger partial charge on any atom is 0.115 e. The first-order valence-corrected chi connectivity index (χ1v) is 7.80. The van der Waals surface area contributed by atoms with Crippen molar-refractivity contribution in [3.63, 3.8) is 0 Å². The van der Waals surface area contributed by atoms with Gasteiger partial charge in [0.15, 0.2) is 0 Å². The van der Waals surface area contributed by atoms with Gasteiger partial charge in [0.05, 0.1) is 16.7 Å². The maximum atomic E-state index is 9.38. The molecule has 24 heavy (non-hydrogen) atoms. The number of aromatic hydroxyl groups is 1. The first kappa shape index (κ1) is 14.3. The van der Waals surface area contributed by atoms with Crippen LogP contribution in [-0.2, 0) is 0 Å². The largest absolute Gasteiger partial charge is 0.508 e. The molecule has 1 N–H and O–H groups in total. The Hall–Kier alpha value is -3.33. The normalized spacial score (nSPS) is 11.3. The molecule has 0 aliphatic rings. The van der Waals surface area contributed by atoms with E-state index in [0.717, 1.165) is 27.8 Å². The summed E-state index contributed by atoms with van der Waals surface area (Å²) in [4.78, 5) is 4.48. The van der Waals surface area contributed by atoms with Crippen LogP contribution in [0.15, 0.2) is 79.1 Å². The minimum absolute atomic E-state index is 0.275. The number of phenolic OH excluding ortho intramolecular Hbond substituents is 1. The fourth-order valence-corrected chi connectivity index (χ4v) is 2.77. The van der Waals surface area contributed by atoms with Crippen molar-refractivity contribution < 1.29 is 5.11 Å². The highest BCUT2D eigenvalue weighted by Crippen LogP contribution is 2.23. The third kappa shape index (κ3) is 2.68. The molecule has 1 heterocycles. The average Bonchev–Trinajstić information content (AvgIpc) is 3.05. The zero-order valence-corrected chi connectivity index (χ0v) is 13.0.